The van der Waals surface area contributed by atoms with Crippen LogP contribution < -0.4 is 5.73 Å². The van der Waals surface area contributed by atoms with Gasteiger partial charge >= 0.3 is 0 Å². The SMILES string of the molecule is Cc1nc2cc(C(C)(C)N)ccc2o1. The summed E-state index contributed by atoms with van der Waals surface area (Å²) in [6, 6.07) is 5.87. The standard InChI is InChI=1S/C11H14N2O/c1-7-13-9-6-8(11(2,3)12)4-5-10(9)14-7/h4-6H,12H2,1-3H3. The van der Waals surface area contributed by atoms with Crippen molar-refractivity contribution in [1.82, 2.24) is 4.98 Å². The number of nitrogens with two attached hydrogens (primary N) is 1. The summed E-state index contributed by atoms with van der Waals surface area (Å²) in [4.78, 5) is 4.27. The van der Waals surface area contributed by atoms with E-state index in [1.54, 1.807) is 0 Å². The first-order chi connectivity index (χ1) is 6.47. The molecule has 0 bridgehead atoms. The van der Waals surface area contributed by atoms with E-state index in [0.717, 1.165) is 16.7 Å². The van der Waals surface area contributed by atoms with Crippen LogP contribution in [0, 0.1) is 6.92 Å². The summed E-state index contributed by atoms with van der Waals surface area (Å²) >= 11 is 0. The normalized spacial score (nSPS) is 12.3. The van der Waals surface area contributed by atoms with E-state index in [9.17, 15) is 0 Å². The zero-order valence-corrected chi connectivity index (χ0v) is 8.66. The topological polar surface area (TPSA) is 52.0 Å². The van der Waals surface area contributed by atoms with Crippen LogP contribution in [0.15, 0.2) is 22.6 Å². The largest absolute Gasteiger partial charge is 0.441 e. The lowest BCUT2D eigenvalue weighted by atomic mass is 9.95. The predicted octanol–water partition coefficient (Wildman–Crippen LogP) is 2.33. The first-order valence-electron chi connectivity index (χ1n) is 4.63. The summed E-state index contributed by atoms with van der Waals surface area (Å²) in [5, 5.41) is 0. The molecule has 3 nitrogen and oxygen atoms in total. The van der Waals surface area contributed by atoms with Crippen LogP contribution in [0.1, 0.15) is 25.3 Å². The van der Waals surface area contributed by atoms with Gasteiger partial charge < -0.3 is 10.2 Å². The van der Waals surface area contributed by atoms with Crippen molar-refractivity contribution in [2.45, 2.75) is 26.3 Å². The van der Waals surface area contributed by atoms with Crippen molar-refractivity contribution in [3.8, 4) is 0 Å². The number of hydrogen-bond acceptors (Lipinski definition) is 3. The van der Waals surface area contributed by atoms with Gasteiger partial charge in [-0.05, 0) is 31.5 Å². The van der Waals surface area contributed by atoms with E-state index in [-0.39, 0.29) is 5.54 Å². The van der Waals surface area contributed by atoms with Crippen molar-refractivity contribution in [3.05, 3.63) is 29.7 Å². The highest BCUT2D eigenvalue weighted by Crippen LogP contribution is 2.22. The molecule has 1 aromatic carbocycles. The lowest BCUT2D eigenvalue weighted by Crippen LogP contribution is -2.28. The molecule has 1 heterocycles. The average Bonchev–Trinajstić information content (AvgIpc) is 2.41. The molecule has 0 radical (unpaired) electrons. The molecule has 0 aliphatic rings. The second-order valence-corrected chi connectivity index (χ2v) is 4.14. The molecule has 0 atom stereocenters. The van der Waals surface area contributed by atoms with Gasteiger partial charge in [-0.15, -0.1) is 0 Å². The number of hydrogen-bond donors (Lipinski definition) is 1. The highest BCUT2D eigenvalue weighted by Gasteiger charge is 2.15. The third-order valence-corrected chi connectivity index (χ3v) is 2.24. The van der Waals surface area contributed by atoms with Gasteiger partial charge in [-0.1, -0.05) is 6.07 Å². The van der Waals surface area contributed by atoms with Crippen LogP contribution >= 0.6 is 0 Å². The van der Waals surface area contributed by atoms with E-state index in [2.05, 4.69) is 4.98 Å². The van der Waals surface area contributed by atoms with Gasteiger partial charge in [0.15, 0.2) is 11.5 Å². The van der Waals surface area contributed by atoms with Crippen molar-refractivity contribution >= 4 is 11.1 Å². The van der Waals surface area contributed by atoms with Crippen LogP contribution in [0.3, 0.4) is 0 Å². The Morgan fingerprint density at radius 2 is 2.07 bits per heavy atom. The molecule has 3 heteroatoms. The van der Waals surface area contributed by atoms with Crippen LogP contribution in [0.2, 0.25) is 0 Å². The van der Waals surface area contributed by atoms with E-state index in [4.69, 9.17) is 10.2 Å². The first kappa shape index (κ1) is 9.21. The Bertz CT molecular complexity index is 466. The smallest absolute Gasteiger partial charge is 0.192 e. The summed E-state index contributed by atoms with van der Waals surface area (Å²) in [7, 11) is 0. The summed E-state index contributed by atoms with van der Waals surface area (Å²) in [6.07, 6.45) is 0. The molecule has 0 aliphatic carbocycles. The van der Waals surface area contributed by atoms with Gasteiger partial charge in [0, 0.05) is 12.5 Å². The number of nitrogens with zero attached hydrogens (tertiary/aromatic N) is 1. The molecule has 0 saturated heterocycles. The Morgan fingerprint density at radius 3 is 2.71 bits per heavy atom. The average molecular weight is 190 g/mol. The Hall–Kier alpha value is -1.35. The molecular weight excluding hydrogens is 176 g/mol. The number of oxazole rings is 1. The Balaban J connectivity index is 2.62. The zero-order chi connectivity index (χ0) is 10.3. The predicted molar refractivity (Wildman–Crippen MR) is 56.0 cm³/mol. The van der Waals surface area contributed by atoms with Crippen molar-refractivity contribution < 1.29 is 4.42 Å². The lowest BCUT2D eigenvalue weighted by molar-refractivity contribution is 0.552. The van der Waals surface area contributed by atoms with Gasteiger partial charge in [-0.3, -0.25) is 0 Å². The van der Waals surface area contributed by atoms with Gasteiger partial charge in [-0.2, -0.15) is 0 Å². The second-order valence-electron chi connectivity index (χ2n) is 4.14. The number of aryl methyl sites for hydroxylation is 1. The van der Waals surface area contributed by atoms with E-state index in [1.807, 2.05) is 39.0 Å². The molecule has 74 valence electrons. The van der Waals surface area contributed by atoms with Crippen LogP contribution in [0.5, 0.6) is 0 Å². The van der Waals surface area contributed by atoms with Gasteiger partial charge in [0.1, 0.15) is 5.52 Å². The molecule has 0 fully saturated rings. The Morgan fingerprint density at radius 1 is 1.36 bits per heavy atom. The zero-order valence-electron chi connectivity index (χ0n) is 8.66. The number of fused-ring (bicyclic) bond motifs is 1. The van der Waals surface area contributed by atoms with Gasteiger partial charge in [0.05, 0.1) is 0 Å². The van der Waals surface area contributed by atoms with Crippen molar-refractivity contribution in [3.63, 3.8) is 0 Å². The van der Waals surface area contributed by atoms with Gasteiger partial charge in [0.25, 0.3) is 0 Å². The molecule has 2 N–H and O–H groups in total. The molecular formula is C11H14N2O. The third-order valence-electron chi connectivity index (χ3n) is 2.24. The third kappa shape index (κ3) is 1.51. The van der Waals surface area contributed by atoms with Crippen LogP contribution in [-0.4, -0.2) is 4.98 Å². The fourth-order valence-electron chi connectivity index (χ4n) is 1.44. The maximum Gasteiger partial charge on any atom is 0.192 e. The van der Waals surface area contributed by atoms with E-state index >= 15 is 0 Å². The monoisotopic (exact) mass is 190 g/mol. The number of benzene rings is 1. The molecule has 0 aliphatic heterocycles. The minimum Gasteiger partial charge on any atom is -0.441 e. The summed E-state index contributed by atoms with van der Waals surface area (Å²) in [5.74, 6) is 0.687. The molecule has 0 amide bonds. The fraction of sp³-hybridized carbons (Fsp3) is 0.364. The summed E-state index contributed by atoms with van der Waals surface area (Å²) < 4.78 is 5.38. The Labute approximate surface area is 82.9 Å². The highest BCUT2D eigenvalue weighted by atomic mass is 16.3. The van der Waals surface area contributed by atoms with E-state index in [0.29, 0.717) is 5.89 Å². The molecule has 1 aromatic heterocycles. The second kappa shape index (κ2) is 2.82. The first-order valence-corrected chi connectivity index (χ1v) is 4.63. The number of aromatic nitrogens is 1. The quantitative estimate of drug-likeness (QED) is 0.750. The van der Waals surface area contributed by atoms with Gasteiger partial charge in [0.2, 0.25) is 0 Å². The molecule has 2 rings (SSSR count). The van der Waals surface area contributed by atoms with Crippen molar-refractivity contribution in [1.29, 1.82) is 0 Å². The van der Waals surface area contributed by atoms with E-state index < -0.39 is 0 Å². The maximum absolute atomic E-state index is 6.00. The lowest BCUT2D eigenvalue weighted by Gasteiger charge is -2.18. The van der Waals surface area contributed by atoms with Crippen molar-refractivity contribution in [2.24, 2.45) is 5.73 Å². The fourth-order valence-corrected chi connectivity index (χ4v) is 1.44. The highest BCUT2D eigenvalue weighted by molar-refractivity contribution is 5.73. The maximum atomic E-state index is 6.00. The van der Waals surface area contributed by atoms with Crippen molar-refractivity contribution in [2.75, 3.05) is 0 Å². The molecule has 14 heavy (non-hydrogen) atoms. The Kier molecular flexibility index (Phi) is 1.86. The molecule has 0 unspecified atom stereocenters. The van der Waals surface area contributed by atoms with Gasteiger partial charge in [-0.25, -0.2) is 4.98 Å². The molecule has 2 aromatic rings. The van der Waals surface area contributed by atoms with Crippen LogP contribution in [-0.2, 0) is 5.54 Å². The summed E-state index contributed by atoms with van der Waals surface area (Å²) in [5.41, 5.74) is 8.42. The minimum atomic E-state index is -0.332. The van der Waals surface area contributed by atoms with E-state index in [1.165, 1.54) is 0 Å². The summed E-state index contributed by atoms with van der Waals surface area (Å²) in [6.45, 7) is 5.79. The molecule has 0 spiro atoms. The van der Waals surface area contributed by atoms with Crippen LogP contribution in [0.25, 0.3) is 11.1 Å². The minimum absolute atomic E-state index is 0.332. The van der Waals surface area contributed by atoms with Crippen LogP contribution in [0.4, 0.5) is 0 Å². The number of rotatable bonds is 1. The molecule has 0 saturated carbocycles.